The fourth-order valence-corrected chi connectivity index (χ4v) is 1.17. The summed E-state index contributed by atoms with van der Waals surface area (Å²) in [5.74, 6) is 0. The maximum atomic E-state index is 11.3. The lowest BCUT2D eigenvalue weighted by molar-refractivity contribution is 0.0541. The molecule has 0 bridgehead atoms. The van der Waals surface area contributed by atoms with E-state index in [4.69, 9.17) is 9.84 Å². The molecule has 0 aliphatic rings. The Morgan fingerprint density at radius 2 is 2.12 bits per heavy atom. The molecule has 0 saturated carbocycles. The van der Waals surface area contributed by atoms with Crippen molar-refractivity contribution in [2.45, 2.75) is 33.0 Å². The standard InChI is InChI=1S/C12H18N2O3/c1-12(2,3)17-11(16)14-13-10-6-4-5-9(7-10)8-15/h4-7,13,15H,8H2,1-3H3,(H,14,16). The van der Waals surface area contributed by atoms with Crippen molar-refractivity contribution in [2.24, 2.45) is 0 Å². The Hall–Kier alpha value is -1.75. The van der Waals surface area contributed by atoms with Crippen molar-refractivity contribution in [3.63, 3.8) is 0 Å². The number of carbonyl (C=O) groups excluding carboxylic acids is 1. The molecule has 1 aromatic rings. The largest absolute Gasteiger partial charge is 0.443 e. The van der Waals surface area contributed by atoms with E-state index < -0.39 is 11.7 Å². The lowest BCUT2D eigenvalue weighted by Crippen LogP contribution is -2.35. The molecule has 17 heavy (non-hydrogen) atoms. The SMILES string of the molecule is CC(C)(C)OC(=O)NNc1cccc(CO)c1. The number of benzene rings is 1. The molecule has 0 spiro atoms. The van der Waals surface area contributed by atoms with Crippen molar-refractivity contribution >= 4 is 11.8 Å². The normalized spacial score (nSPS) is 10.8. The predicted molar refractivity (Wildman–Crippen MR) is 65.4 cm³/mol. The molecule has 0 aromatic heterocycles. The van der Waals surface area contributed by atoms with Crippen LogP contribution < -0.4 is 10.9 Å². The maximum Gasteiger partial charge on any atom is 0.426 e. The van der Waals surface area contributed by atoms with Gasteiger partial charge in [0.25, 0.3) is 0 Å². The Morgan fingerprint density at radius 3 is 2.71 bits per heavy atom. The molecular formula is C12H18N2O3. The van der Waals surface area contributed by atoms with Crippen molar-refractivity contribution in [2.75, 3.05) is 5.43 Å². The van der Waals surface area contributed by atoms with Gasteiger partial charge < -0.3 is 9.84 Å². The van der Waals surface area contributed by atoms with Gasteiger partial charge in [-0.1, -0.05) is 12.1 Å². The van der Waals surface area contributed by atoms with E-state index >= 15 is 0 Å². The number of hydrogen-bond donors (Lipinski definition) is 3. The molecule has 0 aliphatic heterocycles. The Bertz CT molecular complexity index is 386. The molecule has 5 heteroatoms. The van der Waals surface area contributed by atoms with Crippen molar-refractivity contribution in [3.8, 4) is 0 Å². The lowest BCUT2D eigenvalue weighted by atomic mass is 10.2. The van der Waals surface area contributed by atoms with Crippen LogP contribution >= 0.6 is 0 Å². The average Bonchev–Trinajstić information content (AvgIpc) is 2.24. The van der Waals surface area contributed by atoms with Gasteiger partial charge in [0.15, 0.2) is 0 Å². The molecule has 0 fully saturated rings. The summed E-state index contributed by atoms with van der Waals surface area (Å²) in [6.07, 6.45) is -0.549. The first-order valence-electron chi connectivity index (χ1n) is 5.35. The number of carbonyl (C=O) groups is 1. The van der Waals surface area contributed by atoms with Crippen LogP contribution in [0.4, 0.5) is 10.5 Å². The van der Waals surface area contributed by atoms with Crippen molar-refractivity contribution in [1.29, 1.82) is 0 Å². The smallest absolute Gasteiger partial charge is 0.426 e. The van der Waals surface area contributed by atoms with Gasteiger partial charge in [0, 0.05) is 0 Å². The summed E-state index contributed by atoms with van der Waals surface area (Å²) in [6.45, 7) is 5.33. The van der Waals surface area contributed by atoms with Crippen LogP contribution in [0.1, 0.15) is 26.3 Å². The summed E-state index contributed by atoms with van der Waals surface area (Å²) in [6, 6.07) is 7.08. The molecule has 0 aliphatic carbocycles. The highest BCUT2D eigenvalue weighted by atomic mass is 16.6. The van der Waals surface area contributed by atoms with E-state index in [2.05, 4.69) is 10.9 Å². The van der Waals surface area contributed by atoms with Crippen LogP contribution in [0.25, 0.3) is 0 Å². The summed E-state index contributed by atoms with van der Waals surface area (Å²) in [4.78, 5) is 11.3. The third-order valence-corrected chi connectivity index (χ3v) is 1.82. The Balaban J connectivity index is 2.47. The Morgan fingerprint density at radius 1 is 1.41 bits per heavy atom. The molecule has 5 nitrogen and oxygen atoms in total. The fraction of sp³-hybridized carbons (Fsp3) is 0.417. The van der Waals surface area contributed by atoms with Gasteiger partial charge in [-0.15, -0.1) is 0 Å². The summed E-state index contributed by atoms with van der Waals surface area (Å²) in [7, 11) is 0. The number of nitrogens with one attached hydrogen (secondary N) is 2. The lowest BCUT2D eigenvalue weighted by Gasteiger charge is -2.20. The molecule has 3 N–H and O–H groups in total. The second kappa shape index (κ2) is 5.54. The summed E-state index contributed by atoms with van der Waals surface area (Å²) < 4.78 is 5.05. The van der Waals surface area contributed by atoms with E-state index in [0.717, 1.165) is 5.56 Å². The van der Waals surface area contributed by atoms with E-state index in [0.29, 0.717) is 5.69 Å². The number of anilines is 1. The summed E-state index contributed by atoms with van der Waals surface area (Å²) >= 11 is 0. The minimum atomic E-state index is -0.549. The van der Waals surface area contributed by atoms with Crippen LogP contribution in [-0.2, 0) is 11.3 Å². The van der Waals surface area contributed by atoms with Gasteiger partial charge in [-0.2, -0.15) is 0 Å². The monoisotopic (exact) mass is 238 g/mol. The van der Waals surface area contributed by atoms with Crippen molar-refractivity contribution < 1.29 is 14.6 Å². The molecule has 1 rings (SSSR count). The van der Waals surface area contributed by atoms with E-state index in [9.17, 15) is 4.79 Å². The maximum absolute atomic E-state index is 11.3. The van der Waals surface area contributed by atoms with Gasteiger partial charge in [-0.05, 0) is 38.5 Å². The molecule has 0 radical (unpaired) electrons. The van der Waals surface area contributed by atoms with Crippen LogP contribution in [0.2, 0.25) is 0 Å². The van der Waals surface area contributed by atoms with Gasteiger partial charge in [-0.25, -0.2) is 10.2 Å². The first kappa shape index (κ1) is 13.3. The summed E-state index contributed by atoms with van der Waals surface area (Å²) in [5.41, 5.74) is 6.04. The van der Waals surface area contributed by atoms with Crippen molar-refractivity contribution in [3.05, 3.63) is 29.8 Å². The van der Waals surface area contributed by atoms with Crippen molar-refractivity contribution in [1.82, 2.24) is 5.43 Å². The zero-order chi connectivity index (χ0) is 12.9. The molecule has 94 valence electrons. The topological polar surface area (TPSA) is 70.6 Å². The highest BCUT2D eigenvalue weighted by molar-refractivity contribution is 5.69. The van der Waals surface area contributed by atoms with Crippen LogP contribution in [0.5, 0.6) is 0 Å². The van der Waals surface area contributed by atoms with Crippen LogP contribution in [0.3, 0.4) is 0 Å². The van der Waals surface area contributed by atoms with Gasteiger partial charge in [0.05, 0.1) is 12.3 Å². The Labute approximate surface area is 101 Å². The minimum absolute atomic E-state index is 0.0397. The second-order valence-corrected chi connectivity index (χ2v) is 4.61. The molecule has 0 saturated heterocycles. The predicted octanol–water partition coefficient (Wildman–Crippen LogP) is 2.03. The van der Waals surface area contributed by atoms with E-state index in [1.165, 1.54) is 0 Å². The molecule has 0 unspecified atom stereocenters. The number of hydrogen-bond acceptors (Lipinski definition) is 4. The van der Waals surface area contributed by atoms with Crippen LogP contribution in [0.15, 0.2) is 24.3 Å². The zero-order valence-corrected chi connectivity index (χ0v) is 10.3. The number of aliphatic hydroxyl groups is 1. The fourth-order valence-electron chi connectivity index (χ4n) is 1.17. The Kier molecular flexibility index (Phi) is 4.34. The number of rotatable bonds is 3. The zero-order valence-electron chi connectivity index (χ0n) is 10.3. The number of amides is 1. The first-order chi connectivity index (χ1) is 7.90. The third-order valence-electron chi connectivity index (χ3n) is 1.82. The molecular weight excluding hydrogens is 220 g/mol. The first-order valence-corrected chi connectivity index (χ1v) is 5.35. The van der Waals surface area contributed by atoms with Gasteiger partial charge in [-0.3, -0.25) is 5.43 Å². The number of aliphatic hydroxyl groups excluding tert-OH is 1. The van der Waals surface area contributed by atoms with Crippen LogP contribution in [-0.4, -0.2) is 16.8 Å². The van der Waals surface area contributed by atoms with E-state index in [-0.39, 0.29) is 6.61 Å². The van der Waals surface area contributed by atoms with E-state index in [1.807, 2.05) is 0 Å². The molecule has 1 amide bonds. The van der Waals surface area contributed by atoms with E-state index in [1.54, 1.807) is 45.0 Å². The highest BCUT2D eigenvalue weighted by Gasteiger charge is 2.15. The average molecular weight is 238 g/mol. The highest BCUT2D eigenvalue weighted by Crippen LogP contribution is 2.10. The van der Waals surface area contributed by atoms with Gasteiger partial charge in [0.1, 0.15) is 5.60 Å². The molecule has 0 heterocycles. The minimum Gasteiger partial charge on any atom is -0.443 e. The van der Waals surface area contributed by atoms with Crippen LogP contribution in [0, 0.1) is 0 Å². The molecule has 0 atom stereocenters. The quantitative estimate of drug-likeness (QED) is 0.705. The molecule has 1 aromatic carbocycles. The summed E-state index contributed by atoms with van der Waals surface area (Å²) in [5, 5.41) is 8.95. The van der Waals surface area contributed by atoms with Gasteiger partial charge >= 0.3 is 6.09 Å². The third kappa shape index (κ3) is 5.21. The second-order valence-electron chi connectivity index (χ2n) is 4.61. The number of hydrazine groups is 1. The van der Waals surface area contributed by atoms with Gasteiger partial charge in [0.2, 0.25) is 0 Å². The number of ether oxygens (including phenoxy) is 1.